The first-order chi connectivity index (χ1) is 11.7. The Morgan fingerprint density at radius 2 is 2.04 bits per heavy atom. The van der Waals surface area contributed by atoms with Gasteiger partial charge in [0.25, 0.3) is 0 Å². The molecular formula is C19H27N3O3. The molecule has 1 aromatic carbocycles. The van der Waals surface area contributed by atoms with Crippen LogP contribution in [-0.2, 0) is 5.41 Å². The molecule has 0 aliphatic carbocycles. The number of nitrogens with zero attached hydrogens (tertiary/aromatic N) is 1. The average molecular weight is 345 g/mol. The van der Waals surface area contributed by atoms with E-state index in [0.717, 1.165) is 16.9 Å². The van der Waals surface area contributed by atoms with E-state index in [4.69, 9.17) is 9.26 Å². The van der Waals surface area contributed by atoms with Gasteiger partial charge in [-0.05, 0) is 26.8 Å². The number of ether oxygens (including phenoxy) is 1. The lowest BCUT2D eigenvalue weighted by molar-refractivity contribution is 0.248. The number of aromatic nitrogens is 1. The number of rotatable bonds is 5. The van der Waals surface area contributed by atoms with Crippen molar-refractivity contribution < 1.29 is 14.1 Å². The molecule has 0 aliphatic rings. The number of urea groups is 1. The van der Waals surface area contributed by atoms with Crippen LogP contribution in [0.4, 0.5) is 10.6 Å². The van der Waals surface area contributed by atoms with Crippen LogP contribution in [0.3, 0.4) is 0 Å². The van der Waals surface area contributed by atoms with E-state index in [0.29, 0.717) is 18.2 Å². The van der Waals surface area contributed by atoms with Gasteiger partial charge in [0.05, 0.1) is 12.6 Å². The number of carbonyl (C=O) groups is 1. The van der Waals surface area contributed by atoms with Crippen LogP contribution in [-0.4, -0.2) is 17.8 Å². The SMILES string of the molecule is CCOc1ccc(C)cc1C(C)NC(=O)Nc1cc(C(C)(C)C)on1. The molecule has 2 N–H and O–H groups in total. The smallest absolute Gasteiger partial charge is 0.320 e. The van der Waals surface area contributed by atoms with Gasteiger partial charge in [-0.3, -0.25) is 5.32 Å². The second kappa shape index (κ2) is 7.59. The van der Waals surface area contributed by atoms with Gasteiger partial charge in [0.15, 0.2) is 5.82 Å². The summed E-state index contributed by atoms with van der Waals surface area (Å²) in [5, 5.41) is 9.50. The zero-order chi connectivity index (χ0) is 18.6. The Balaban J connectivity index is 2.05. The van der Waals surface area contributed by atoms with Crippen LogP contribution < -0.4 is 15.4 Å². The maximum Gasteiger partial charge on any atom is 0.320 e. The van der Waals surface area contributed by atoms with Gasteiger partial charge >= 0.3 is 6.03 Å². The standard InChI is InChI=1S/C19H27N3O3/c1-7-24-15-9-8-12(2)10-14(15)13(3)20-18(23)21-17-11-16(25-22-17)19(4,5)6/h8-11,13H,7H2,1-6H3,(H2,20,21,22,23). The summed E-state index contributed by atoms with van der Waals surface area (Å²) >= 11 is 0. The average Bonchev–Trinajstić information content (AvgIpc) is 2.97. The maximum atomic E-state index is 12.3. The lowest BCUT2D eigenvalue weighted by Crippen LogP contribution is -2.31. The zero-order valence-electron chi connectivity index (χ0n) is 15.8. The van der Waals surface area contributed by atoms with Gasteiger partial charge in [-0.2, -0.15) is 0 Å². The van der Waals surface area contributed by atoms with E-state index in [9.17, 15) is 4.79 Å². The van der Waals surface area contributed by atoms with Crippen molar-refractivity contribution in [3.05, 3.63) is 41.2 Å². The molecule has 6 heteroatoms. The van der Waals surface area contributed by atoms with Crippen LogP contribution in [0.5, 0.6) is 5.75 Å². The molecule has 1 heterocycles. The van der Waals surface area contributed by atoms with Gasteiger partial charge in [0.1, 0.15) is 11.5 Å². The van der Waals surface area contributed by atoms with E-state index in [1.165, 1.54) is 0 Å². The topological polar surface area (TPSA) is 76.4 Å². The Kier molecular flexibility index (Phi) is 5.72. The lowest BCUT2D eigenvalue weighted by atomic mass is 9.93. The number of hydrogen-bond donors (Lipinski definition) is 2. The molecule has 0 fully saturated rings. The number of aryl methyl sites for hydroxylation is 1. The van der Waals surface area contributed by atoms with Crippen molar-refractivity contribution >= 4 is 11.8 Å². The van der Waals surface area contributed by atoms with Crippen molar-refractivity contribution in [2.75, 3.05) is 11.9 Å². The number of anilines is 1. The zero-order valence-corrected chi connectivity index (χ0v) is 15.8. The molecule has 0 bridgehead atoms. The molecule has 0 aliphatic heterocycles. The molecule has 2 rings (SSSR count). The van der Waals surface area contributed by atoms with Crippen LogP contribution >= 0.6 is 0 Å². The Morgan fingerprint density at radius 3 is 2.64 bits per heavy atom. The normalized spacial score (nSPS) is 12.6. The van der Waals surface area contributed by atoms with E-state index in [1.54, 1.807) is 6.07 Å². The van der Waals surface area contributed by atoms with Crippen molar-refractivity contribution in [1.82, 2.24) is 10.5 Å². The third-order valence-corrected chi connectivity index (χ3v) is 3.77. The quantitative estimate of drug-likeness (QED) is 0.833. The third-order valence-electron chi connectivity index (χ3n) is 3.77. The van der Waals surface area contributed by atoms with Crippen LogP contribution in [0.25, 0.3) is 0 Å². The molecule has 25 heavy (non-hydrogen) atoms. The summed E-state index contributed by atoms with van der Waals surface area (Å²) in [6.45, 7) is 12.5. The summed E-state index contributed by atoms with van der Waals surface area (Å²) < 4.78 is 10.9. The van der Waals surface area contributed by atoms with Gasteiger partial charge < -0.3 is 14.6 Å². The highest BCUT2D eigenvalue weighted by Crippen LogP contribution is 2.27. The van der Waals surface area contributed by atoms with Gasteiger partial charge in [-0.15, -0.1) is 0 Å². The van der Waals surface area contributed by atoms with Gasteiger partial charge in [0.2, 0.25) is 0 Å². The van der Waals surface area contributed by atoms with Crippen LogP contribution in [0, 0.1) is 6.92 Å². The molecule has 0 radical (unpaired) electrons. The fourth-order valence-electron chi connectivity index (χ4n) is 2.41. The van der Waals surface area contributed by atoms with Crippen LogP contribution in [0.2, 0.25) is 0 Å². The Hall–Kier alpha value is -2.50. The summed E-state index contributed by atoms with van der Waals surface area (Å²) in [4.78, 5) is 12.3. The van der Waals surface area contributed by atoms with Crippen LogP contribution in [0.15, 0.2) is 28.8 Å². The minimum atomic E-state index is -0.342. The van der Waals surface area contributed by atoms with E-state index < -0.39 is 0 Å². The van der Waals surface area contributed by atoms with Crippen LogP contribution in [0.1, 0.15) is 57.5 Å². The number of amides is 2. The molecule has 1 unspecified atom stereocenters. The van der Waals surface area contributed by atoms with Crippen molar-refractivity contribution in [1.29, 1.82) is 0 Å². The fourth-order valence-corrected chi connectivity index (χ4v) is 2.41. The third kappa shape index (κ3) is 4.98. The van der Waals surface area contributed by atoms with Crippen molar-refractivity contribution in [2.45, 2.75) is 53.0 Å². The fraction of sp³-hybridized carbons (Fsp3) is 0.474. The van der Waals surface area contributed by atoms with Gasteiger partial charge in [-0.1, -0.05) is 43.6 Å². The summed E-state index contributed by atoms with van der Waals surface area (Å²) in [7, 11) is 0. The summed E-state index contributed by atoms with van der Waals surface area (Å²) in [5.41, 5.74) is 1.89. The highest BCUT2D eigenvalue weighted by atomic mass is 16.5. The maximum absolute atomic E-state index is 12.3. The molecule has 2 aromatic rings. The Labute approximate surface area is 148 Å². The Bertz CT molecular complexity index is 732. The molecule has 6 nitrogen and oxygen atoms in total. The number of hydrogen-bond acceptors (Lipinski definition) is 4. The number of carbonyl (C=O) groups excluding carboxylic acids is 1. The lowest BCUT2D eigenvalue weighted by Gasteiger charge is -2.18. The highest BCUT2D eigenvalue weighted by molar-refractivity contribution is 5.88. The molecular weight excluding hydrogens is 318 g/mol. The number of nitrogens with one attached hydrogen (secondary N) is 2. The highest BCUT2D eigenvalue weighted by Gasteiger charge is 2.21. The van der Waals surface area contributed by atoms with Crippen molar-refractivity contribution in [3.63, 3.8) is 0 Å². The van der Waals surface area contributed by atoms with Crippen molar-refractivity contribution in [2.24, 2.45) is 0 Å². The molecule has 0 saturated carbocycles. The molecule has 0 spiro atoms. The first kappa shape index (κ1) is 18.8. The molecule has 0 saturated heterocycles. The summed E-state index contributed by atoms with van der Waals surface area (Å²) in [6.07, 6.45) is 0. The van der Waals surface area contributed by atoms with Gasteiger partial charge in [0, 0.05) is 17.0 Å². The summed E-state index contributed by atoms with van der Waals surface area (Å²) in [6, 6.07) is 7.12. The predicted molar refractivity (Wildman–Crippen MR) is 98.1 cm³/mol. The monoisotopic (exact) mass is 345 g/mol. The van der Waals surface area contributed by atoms with Crippen molar-refractivity contribution in [3.8, 4) is 5.75 Å². The van der Waals surface area contributed by atoms with E-state index in [2.05, 4.69) is 15.8 Å². The van der Waals surface area contributed by atoms with E-state index in [-0.39, 0.29) is 17.5 Å². The van der Waals surface area contributed by atoms with Gasteiger partial charge in [-0.25, -0.2) is 4.79 Å². The largest absolute Gasteiger partial charge is 0.494 e. The molecule has 136 valence electrons. The van der Waals surface area contributed by atoms with E-state index >= 15 is 0 Å². The Morgan fingerprint density at radius 1 is 1.32 bits per heavy atom. The number of benzene rings is 1. The second-order valence-corrected chi connectivity index (χ2v) is 7.12. The van der Waals surface area contributed by atoms with E-state index in [1.807, 2.05) is 59.7 Å². The molecule has 1 atom stereocenters. The minimum Gasteiger partial charge on any atom is -0.494 e. The molecule has 1 aromatic heterocycles. The summed E-state index contributed by atoms with van der Waals surface area (Å²) in [5.74, 6) is 1.88. The molecule has 2 amide bonds. The predicted octanol–water partition coefficient (Wildman–Crippen LogP) is 4.56. The first-order valence-corrected chi connectivity index (χ1v) is 8.48. The second-order valence-electron chi connectivity index (χ2n) is 7.12. The first-order valence-electron chi connectivity index (χ1n) is 8.48. The minimum absolute atomic E-state index is 0.162.